The molecule has 232 valence electrons. The Morgan fingerprint density at radius 2 is 1.81 bits per heavy atom. The second-order valence-electron chi connectivity index (χ2n) is 12.1. The highest BCUT2D eigenvalue weighted by Gasteiger charge is 2.39. The van der Waals surface area contributed by atoms with Crippen LogP contribution in [0.15, 0.2) is 67.3 Å². The number of carboxylic acid groups (broad SMARTS) is 1. The molecular formula is C33H44N4O6. The van der Waals surface area contributed by atoms with Crippen molar-refractivity contribution in [3.8, 4) is 0 Å². The fraction of sp³-hybridized carbons (Fsp3) is 0.515. The zero-order valence-corrected chi connectivity index (χ0v) is 25.1. The smallest absolute Gasteiger partial charge is 0.410 e. The first-order valence-electron chi connectivity index (χ1n) is 15.2. The maximum Gasteiger partial charge on any atom is 0.410 e. The molecule has 43 heavy (non-hydrogen) atoms. The third-order valence-electron chi connectivity index (χ3n) is 8.83. The zero-order chi connectivity index (χ0) is 30.9. The van der Waals surface area contributed by atoms with Gasteiger partial charge in [-0.1, -0.05) is 50.3 Å². The summed E-state index contributed by atoms with van der Waals surface area (Å²) in [5.41, 5.74) is 1.98. The molecule has 3 unspecified atom stereocenters. The Hall–Kier alpha value is -3.76. The zero-order valence-electron chi connectivity index (χ0n) is 25.1. The Morgan fingerprint density at radius 1 is 1.14 bits per heavy atom. The number of carboxylic acids is 1. The van der Waals surface area contributed by atoms with E-state index in [-0.39, 0.29) is 30.3 Å². The summed E-state index contributed by atoms with van der Waals surface area (Å²) in [6, 6.07) is 16.1. The van der Waals surface area contributed by atoms with E-state index in [1.54, 1.807) is 23.1 Å². The van der Waals surface area contributed by atoms with Crippen molar-refractivity contribution in [2.75, 3.05) is 26.2 Å². The average Bonchev–Trinajstić information content (AvgIpc) is 3.40. The Kier molecular flexibility index (Phi) is 11.3. The third kappa shape index (κ3) is 8.64. The van der Waals surface area contributed by atoms with Gasteiger partial charge in [-0.25, -0.2) is 4.79 Å². The average molecular weight is 593 g/mol. The van der Waals surface area contributed by atoms with E-state index in [2.05, 4.69) is 41.1 Å². The second kappa shape index (κ2) is 15.1. The van der Waals surface area contributed by atoms with Crippen LogP contribution in [0.5, 0.6) is 0 Å². The monoisotopic (exact) mass is 592 g/mol. The minimum atomic E-state index is -0.799. The quantitative estimate of drug-likeness (QED) is 0.179. The van der Waals surface area contributed by atoms with Crippen LogP contribution in [0.3, 0.4) is 0 Å². The molecule has 2 fully saturated rings. The highest BCUT2D eigenvalue weighted by Crippen LogP contribution is 2.41. The van der Waals surface area contributed by atoms with Gasteiger partial charge in [-0.3, -0.25) is 14.9 Å². The van der Waals surface area contributed by atoms with Crippen LogP contribution in [-0.4, -0.2) is 76.2 Å². The number of rotatable bonds is 13. The SMILES string of the molecule is C=CCN(C(=O)OCc1ccc([N+](=O)[O-])cc1)C1CCN(CC2CC(N[C@H](C(=O)O)C(C)C)CC2c2ccccc2)CC1. The van der Waals surface area contributed by atoms with Crippen LogP contribution in [0.4, 0.5) is 10.5 Å². The first-order valence-corrected chi connectivity index (χ1v) is 15.2. The number of aliphatic carboxylic acids is 1. The predicted molar refractivity (Wildman–Crippen MR) is 165 cm³/mol. The molecule has 2 N–H and O–H groups in total. The number of nitro benzene ring substituents is 1. The van der Waals surface area contributed by atoms with E-state index in [4.69, 9.17) is 4.74 Å². The lowest BCUT2D eigenvalue weighted by atomic mass is 9.88. The maximum atomic E-state index is 13.0. The molecular weight excluding hydrogens is 548 g/mol. The van der Waals surface area contributed by atoms with E-state index in [9.17, 15) is 24.8 Å². The standard InChI is InChI=1S/C33H44N4O6/c1-4-16-36(33(40)43-22-24-10-12-29(13-11-24)37(41)42)28-14-17-35(18-15-28)21-26-19-27(34-31(23(2)3)32(38)39)20-30(26)25-8-6-5-7-9-25/h4-13,23,26-28,30-31,34H,1,14-22H2,2-3H3,(H,38,39)/t26?,27?,30?,31-/m0/s1. The first kappa shape index (κ1) is 32.2. The molecule has 1 heterocycles. The number of likely N-dealkylation sites (tertiary alicyclic amines) is 1. The van der Waals surface area contributed by atoms with Gasteiger partial charge in [-0.2, -0.15) is 0 Å². The maximum absolute atomic E-state index is 13.0. The molecule has 0 bridgehead atoms. The summed E-state index contributed by atoms with van der Waals surface area (Å²) < 4.78 is 5.58. The van der Waals surface area contributed by atoms with E-state index < -0.39 is 23.0 Å². The van der Waals surface area contributed by atoms with Gasteiger partial charge < -0.3 is 25.0 Å². The molecule has 0 radical (unpaired) electrons. The predicted octanol–water partition coefficient (Wildman–Crippen LogP) is 5.45. The van der Waals surface area contributed by atoms with Crippen molar-refractivity contribution in [2.45, 2.75) is 70.2 Å². The molecule has 2 aromatic rings. The van der Waals surface area contributed by atoms with Crippen LogP contribution in [0.1, 0.15) is 56.6 Å². The highest BCUT2D eigenvalue weighted by atomic mass is 16.6. The van der Waals surface area contributed by atoms with E-state index >= 15 is 0 Å². The van der Waals surface area contributed by atoms with Crippen molar-refractivity contribution in [1.29, 1.82) is 0 Å². The van der Waals surface area contributed by atoms with Crippen molar-refractivity contribution in [1.82, 2.24) is 15.1 Å². The number of nitrogens with one attached hydrogen (secondary N) is 1. The molecule has 10 heteroatoms. The van der Waals surface area contributed by atoms with Gasteiger partial charge in [0.2, 0.25) is 0 Å². The fourth-order valence-electron chi connectivity index (χ4n) is 6.57. The van der Waals surface area contributed by atoms with E-state index in [0.29, 0.717) is 23.9 Å². The van der Waals surface area contributed by atoms with Gasteiger partial charge in [0.15, 0.2) is 0 Å². The number of carbonyl (C=O) groups is 2. The van der Waals surface area contributed by atoms with E-state index in [1.165, 1.54) is 17.7 Å². The molecule has 1 aliphatic carbocycles. The van der Waals surface area contributed by atoms with Crippen LogP contribution in [0.2, 0.25) is 0 Å². The lowest BCUT2D eigenvalue weighted by Gasteiger charge is -2.39. The van der Waals surface area contributed by atoms with Gasteiger partial charge >= 0.3 is 12.1 Å². The number of amides is 1. The van der Waals surface area contributed by atoms with Gasteiger partial charge in [-0.15, -0.1) is 6.58 Å². The number of ether oxygens (including phenoxy) is 1. The summed E-state index contributed by atoms with van der Waals surface area (Å²) in [6.45, 7) is 10.8. The number of benzene rings is 2. The van der Waals surface area contributed by atoms with E-state index in [1.807, 2.05) is 19.9 Å². The summed E-state index contributed by atoms with van der Waals surface area (Å²) in [5.74, 6) is -0.0455. The fourth-order valence-corrected chi connectivity index (χ4v) is 6.57. The largest absolute Gasteiger partial charge is 0.480 e. The molecule has 1 saturated heterocycles. The first-order chi connectivity index (χ1) is 20.7. The minimum absolute atomic E-state index is 0.00471. The van der Waals surface area contributed by atoms with E-state index in [0.717, 1.165) is 45.3 Å². The second-order valence-corrected chi connectivity index (χ2v) is 12.1. The lowest BCUT2D eigenvalue weighted by molar-refractivity contribution is -0.384. The molecule has 2 aromatic carbocycles. The van der Waals surface area contributed by atoms with Gasteiger partial charge in [0, 0.05) is 50.4 Å². The van der Waals surface area contributed by atoms with Crippen LogP contribution < -0.4 is 5.32 Å². The molecule has 4 atom stereocenters. The number of nitrogens with zero attached hydrogens (tertiary/aromatic N) is 3. The molecule has 0 spiro atoms. The normalized spacial score (nSPS) is 21.8. The van der Waals surface area contributed by atoms with Crippen LogP contribution in [0, 0.1) is 22.0 Å². The Morgan fingerprint density at radius 3 is 2.40 bits per heavy atom. The summed E-state index contributed by atoms with van der Waals surface area (Å²) >= 11 is 0. The van der Waals surface area contributed by atoms with Crippen molar-refractivity contribution in [2.24, 2.45) is 11.8 Å². The summed E-state index contributed by atoms with van der Waals surface area (Å²) in [7, 11) is 0. The number of non-ortho nitro benzene ring substituents is 1. The van der Waals surface area contributed by atoms with Crippen molar-refractivity contribution < 1.29 is 24.4 Å². The van der Waals surface area contributed by atoms with Crippen molar-refractivity contribution in [3.63, 3.8) is 0 Å². The van der Waals surface area contributed by atoms with Gasteiger partial charge in [-0.05, 0) is 66.7 Å². The molecule has 1 saturated carbocycles. The lowest BCUT2D eigenvalue weighted by Crippen LogP contribution is -2.48. The number of hydrogen-bond acceptors (Lipinski definition) is 7. The Balaban J connectivity index is 1.34. The Labute approximate surface area is 253 Å². The van der Waals surface area contributed by atoms with Crippen LogP contribution in [-0.2, 0) is 16.1 Å². The topological polar surface area (TPSA) is 125 Å². The minimum Gasteiger partial charge on any atom is -0.480 e. The number of hydrogen-bond donors (Lipinski definition) is 2. The number of carbonyl (C=O) groups excluding carboxylic acids is 1. The van der Waals surface area contributed by atoms with Gasteiger partial charge in [0.25, 0.3) is 5.69 Å². The number of nitro groups is 1. The number of piperidine rings is 1. The van der Waals surface area contributed by atoms with Crippen LogP contribution >= 0.6 is 0 Å². The molecule has 10 nitrogen and oxygen atoms in total. The van der Waals surface area contributed by atoms with Crippen molar-refractivity contribution >= 4 is 17.7 Å². The van der Waals surface area contributed by atoms with Crippen molar-refractivity contribution in [3.05, 3.63) is 88.5 Å². The highest BCUT2D eigenvalue weighted by molar-refractivity contribution is 5.73. The summed E-state index contributed by atoms with van der Waals surface area (Å²) in [5, 5.41) is 24.1. The van der Waals surface area contributed by atoms with Gasteiger partial charge in [0.05, 0.1) is 4.92 Å². The third-order valence-corrected chi connectivity index (χ3v) is 8.83. The molecule has 2 aliphatic rings. The summed E-state index contributed by atoms with van der Waals surface area (Å²) in [6.07, 6.45) is 4.77. The molecule has 4 rings (SSSR count). The summed E-state index contributed by atoms with van der Waals surface area (Å²) in [4.78, 5) is 39.6. The van der Waals surface area contributed by atoms with Crippen LogP contribution in [0.25, 0.3) is 0 Å². The molecule has 1 amide bonds. The molecule has 0 aromatic heterocycles. The Bertz CT molecular complexity index is 1230. The van der Waals surface area contributed by atoms with Gasteiger partial charge in [0.1, 0.15) is 12.6 Å². The molecule has 1 aliphatic heterocycles.